The third-order valence-corrected chi connectivity index (χ3v) is 2.61. The SMILES string of the molecule is CCOC(C)OC(C)(C)[C@H](F)CCI. The minimum atomic E-state index is -0.942. The fourth-order valence-corrected chi connectivity index (χ4v) is 1.76. The topological polar surface area (TPSA) is 18.5 Å². The van der Waals surface area contributed by atoms with Crippen molar-refractivity contribution in [3.63, 3.8) is 0 Å². The van der Waals surface area contributed by atoms with Crippen molar-refractivity contribution in [2.75, 3.05) is 11.0 Å². The third-order valence-electron chi connectivity index (χ3n) is 1.99. The Morgan fingerprint density at radius 1 is 1.43 bits per heavy atom. The zero-order chi connectivity index (χ0) is 11.2. The number of hydrogen-bond acceptors (Lipinski definition) is 2. The summed E-state index contributed by atoms with van der Waals surface area (Å²) < 4.78 is 25.1. The Hall–Kier alpha value is 0.580. The van der Waals surface area contributed by atoms with Crippen molar-refractivity contribution >= 4 is 22.6 Å². The van der Waals surface area contributed by atoms with Crippen molar-refractivity contribution in [1.29, 1.82) is 0 Å². The second kappa shape index (κ2) is 6.95. The molecule has 0 spiro atoms. The summed E-state index contributed by atoms with van der Waals surface area (Å²) in [6.07, 6.45) is -0.767. The van der Waals surface area contributed by atoms with E-state index in [1.807, 2.05) is 6.92 Å². The molecule has 14 heavy (non-hydrogen) atoms. The van der Waals surface area contributed by atoms with Gasteiger partial charge in [0.1, 0.15) is 6.17 Å². The Morgan fingerprint density at radius 3 is 2.43 bits per heavy atom. The molecule has 0 N–H and O–H groups in total. The van der Waals surface area contributed by atoms with Crippen molar-refractivity contribution < 1.29 is 13.9 Å². The highest BCUT2D eigenvalue weighted by molar-refractivity contribution is 14.1. The molecule has 0 aliphatic rings. The lowest BCUT2D eigenvalue weighted by Gasteiger charge is -2.31. The van der Waals surface area contributed by atoms with Gasteiger partial charge in [-0.25, -0.2) is 4.39 Å². The van der Waals surface area contributed by atoms with Gasteiger partial charge in [-0.3, -0.25) is 0 Å². The van der Waals surface area contributed by atoms with Crippen molar-refractivity contribution in [2.45, 2.75) is 52.2 Å². The Labute approximate surface area is 99.7 Å². The summed E-state index contributed by atoms with van der Waals surface area (Å²) in [5, 5.41) is 0. The summed E-state index contributed by atoms with van der Waals surface area (Å²) in [6, 6.07) is 0. The van der Waals surface area contributed by atoms with Crippen LogP contribution in [0.5, 0.6) is 0 Å². The molecule has 0 bridgehead atoms. The molecule has 2 atom stereocenters. The van der Waals surface area contributed by atoms with Gasteiger partial charge in [0.05, 0.1) is 5.60 Å². The smallest absolute Gasteiger partial charge is 0.155 e. The lowest BCUT2D eigenvalue weighted by molar-refractivity contribution is -0.207. The number of hydrogen-bond donors (Lipinski definition) is 0. The van der Waals surface area contributed by atoms with Crippen LogP contribution < -0.4 is 0 Å². The lowest BCUT2D eigenvalue weighted by Crippen LogP contribution is -2.40. The molecule has 2 nitrogen and oxygen atoms in total. The highest BCUT2D eigenvalue weighted by Crippen LogP contribution is 2.23. The van der Waals surface area contributed by atoms with Crippen LogP contribution in [0.4, 0.5) is 4.39 Å². The lowest BCUT2D eigenvalue weighted by atomic mass is 10.0. The normalized spacial score (nSPS) is 16.7. The molecule has 0 rings (SSSR count). The average Bonchev–Trinajstić information content (AvgIpc) is 2.03. The van der Waals surface area contributed by atoms with Crippen LogP contribution in [0, 0.1) is 0 Å². The average molecular weight is 318 g/mol. The molecule has 0 saturated carbocycles. The first-order valence-electron chi connectivity index (χ1n) is 4.93. The molecule has 86 valence electrons. The highest BCUT2D eigenvalue weighted by atomic mass is 127. The van der Waals surface area contributed by atoms with Crippen molar-refractivity contribution in [3.8, 4) is 0 Å². The van der Waals surface area contributed by atoms with E-state index in [0.717, 1.165) is 4.43 Å². The number of ether oxygens (including phenoxy) is 2. The first-order chi connectivity index (χ1) is 6.44. The van der Waals surface area contributed by atoms with Gasteiger partial charge in [-0.15, -0.1) is 0 Å². The van der Waals surface area contributed by atoms with Crippen LogP contribution in [-0.4, -0.2) is 29.1 Å². The maximum absolute atomic E-state index is 13.6. The van der Waals surface area contributed by atoms with Crippen LogP contribution in [0.1, 0.15) is 34.1 Å². The van der Waals surface area contributed by atoms with Gasteiger partial charge in [0.15, 0.2) is 6.29 Å². The Balaban J connectivity index is 4.03. The van der Waals surface area contributed by atoms with Gasteiger partial charge in [0.2, 0.25) is 0 Å². The van der Waals surface area contributed by atoms with E-state index in [4.69, 9.17) is 9.47 Å². The van der Waals surface area contributed by atoms with E-state index < -0.39 is 11.8 Å². The molecule has 0 aliphatic heterocycles. The first-order valence-corrected chi connectivity index (χ1v) is 6.46. The summed E-state index contributed by atoms with van der Waals surface area (Å²) in [7, 11) is 0. The minimum absolute atomic E-state index is 0.345. The van der Waals surface area contributed by atoms with Crippen LogP contribution in [0.15, 0.2) is 0 Å². The molecular formula is C10H20FIO2. The van der Waals surface area contributed by atoms with Gasteiger partial charge in [-0.2, -0.15) is 0 Å². The molecule has 4 heteroatoms. The molecule has 0 amide bonds. The summed E-state index contributed by atoms with van der Waals surface area (Å²) >= 11 is 2.17. The number of halogens is 2. The van der Waals surface area contributed by atoms with Gasteiger partial charge in [-0.1, -0.05) is 22.6 Å². The molecule has 0 aromatic heterocycles. The maximum Gasteiger partial charge on any atom is 0.155 e. The van der Waals surface area contributed by atoms with E-state index in [1.54, 1.807) is 20.8 Å². The van der Waals surface area contributed by atoms with Crippen LogP contribution in [0.3, 0.4) is 0 Å². The third kappa shape index (κ3) is 5.46. The fraction of sp³-hybridized carbons (Fsp3) is 1.00. The largest absolute Gasteiger partial charge is 0.353 e. The van der Waals surface area contributed by atoms with Crippen LogP contribution in [0.2, 0.25) is 0 Å². The van der Waals surface area contributed by atoms with Gasteiger partial charge in [0.25, 0.3) is 0 Å². The van der Waals surface area contributed by atoms with E-state index in [-0.39, 0.29) is 6.29 Å². The predicted octanol–water partition coefficient (Wildman–Crippen LogP) is 3.33. The first kappa shape index (κ1) is 14.6. The zero-order valence-corrected chi connectivity index (χ0v) is 11.5. The van der Waals surface area contributed by atoms with Crippen LogP contribution in [-0.2, 0) is 9.47 Å². The molecule has 0 aromatic rings. The van der Waals surface area contributed by atoms with E-state index >= 15 is 0 Å². The summed E-state index contributed by atoms with van der Waals surface area (Å²) in [6.45, 7) is 7.80. The molecule has 1 unspecified atom stereocenters. The fourth-order valence-electron chi connectivity index (χ4n) is 1.21. The van der Waals surface area contributed by atoms with Crippen LogP contribution in [0.25, 0.3) is 0 Å². The number of alkyl halides is 2. The summed E-state index contributed by atoms with van der Waals surface area (Å²) in [5.41, 5.74) is -0.764. The molecular weight excluding hydrogens is 298 g/mol. The summed E-state index contributed by atoms with van der Waals surface area (Å²) in [4.78, 5) is 0. The molecule has 0 aromatic carbocycles. The van der Waals surface area contributed by atoms with Gasteiger partial charge < -0.3 is 9.47 Å². The molecule has 0 heterocycles. The number of rotatable bonds is 7. The molecule has 0 fully saturated rings. The minimum Gasteiger partial charge on any atom is -0.353 e. The molecule has 0 saturated heterocycles. The van der Waals surface area contributed by atoms with Crippen molar-refractivity contribution in [3.05, 3.63) is 0 Å². The van der Waals surface area contributed by atoms with E-state index in [0.29, 0.717) is 13.0 Å². The monoisotopic (exact) mass is 318 g/mol. The second-order valence-electron chi connectivity index (χ2n) is 3.69. The van der Waals surface area contributed by atoms with Crippen molar-refractivity contribution in [2.24, 2.45) is 0 Å². The van der Waals surface area contributed by atoms with Gasteiger partial charge in [0, 0.05) is 11.0 Å². The standard InChI is InChI=1S/C10H20FIO2/c1-5-13-8(2)14-10(3,4)9(11)6-7-12/h8-9H,5-7H2,1-4H3/t8?,9-/m1/s1. The second-order valence-corrected chi connectivity index (χ2v) is 4.77. The highest BCUT2D eigenvalue weighted by Gasteiger charge is 2.31. The molecule has 0 radical (unpaired) electrons. The quantitative estimate of drug-likeness (QED) is 0.407. The predicted molar refractivity (Wildman–Crippen MR) is 64.7 cm³/mol. The van der Waals surface area contributed by atoms with E-state index in [9.17, 15) is 4.39 Å². The Morgan fingerprint density at radius 2 is 2.00 bits per heavy atom. The van der Waals surface area contributed by atoms with E-state index in [2.05, 4.69) is 22.6 Å². The zero-order valence-electron chi connectivity index (χ0n) is 9.35. The van der Waals surface area contributed by atoms with Gasteiger partial charge in [-0.05, 0) is 34.1 Å². The molecule has 0 aliphatic carbocycles. The van der Waals surface area contributed by atoms with Crippen molar-refractivity contribution in [1.82, 2.24) is 0 Å². The Bertz CT molecular complexity index is 153. The Kier molecular flexibility index (Phi) is 7.24. The van der Waals surface area contributed by atoms with Gasteiger partial charge >= 0.3 is 0 Å². The van der Waals surface area contributed by atoms with E-state index in [1.165, 1.54) is 0 Å². The maximum atomic E-state index is 13.6. The summed E-state index contributed by atoms with van der Waals surface area (Å²) in [5.74, 6) is 0. The van der Waals surface area contributed by atoms with Crippen LogP contribution >= 0.6 is 22.6 Å².